The minimum Gasteiger partial charge on any atom is -0.372 e. The van der Waals surface area contributed by atoms with Crippen molar-refractivity contribution in [3.8, 4) is 0 Å². The van der Waals surface area contributed by atoms with Crippen molar-refractivity contribution < 1.29 is 14.7 Å². The zero-order chi connectivity index (χ0) is 18.4. The Morgan fingerprint density at radius 2 is 1.60 bits per heavy atom. The SMILES string of the molecule is CN(C)CCNC(=O)c1ccc(C(O)(C(N)=O)c2ccccc2)cc1. The summed E-state index contributed by atoms with van der Waals surface area (Å²) < 4.78 is 0. The molecule has 1 unspecified atom stereocenters. The molecule has 0 fully saturated rings. The Morgan fingerprint density at radius 3 is 2.12 bits per heavy atom. The number of hydrogen-bond acceptors (Lipinski definition) is 4. The smallest absolute Gasteiger partial charge is 0.258 e. The van der Waals surface area contributed by atoms with Crippen LogP contribution in [0.5, 0.6) is 0 Å². The number of primary amides is 1. The van der Waals surface area contributed by atoms with Crippen LogP contribution in [0.25, 0.3) is 0 Å². The number of aliphatic hydroxyl groups is 1. The molecule has 0 bridgehead atoms. The van der Waals surface area contributed by atoms with Crippen molar-refractivity contribution in [3.05, 3.63) is 71.3 Å². The summed E-state index contributed by atoms with van der Waals surface area (Å²) in [5.74, 6) is -1.09. The molecule has 0 saturated carbocycles. The fourth-order valence-corrected chi connectivity index (χ4v) is 2.49. The van der Waals surface area contributed by atoms with Crippen LogP contribution in [0.1, 0.15) is 21.5 Å². The van der Waals surface area contributed by atoms with Gasteiger partial charge in [0.1, 0.15) is 0 Å². The molecule has 0 aliphatic heterocycles. The first-order chi connectivity index (χ1) is 11.9. The van der Waals surface area contributed by atoms with Gasteiger partial charge in [0.2, 0.25) is 0 Å². The largest absolute Gasteiger partial charge is 0.372 e. The highest BCUT2D eigenvalue weighted by molar-refractivity contribution is 5.94. The topological polar surface area (TPSA) is 95.7 Å². The summed E-state index contributed by atoms with van der Waals surface area (Å²) in [5.41, 5.74) is 4.65. The van der Waals surface area contributed by atoms with Gasteiger partial charge in [0.15, 0.2) is 5.60 Å². The van der Waals surface area contributed by atoms with Gasteiger partial charge in [-0.25, -0.2) is 0 Å². The fourth-order valence-electron chi connectivity index (χ4n) is 2.49. The van der Waals surface area contributed by atoms with E-state index in [2.05, 4.69) is 5.32 Å². The monoisotopic (exact) mass is 341 g/mol. The van der Waals surface area contributed by atoms with E-state index in [-0.39, 0.29) is 5.91 Å². The predicted octanol–water partition coefficient (Wildman–Crippen LogP) is 0.699. The van der Waals surface area contributed by atoms with Gasteiger partial charge in [-0.1, -0.05) is 42.5 Å². The van der Waals surface area contributed by atoms with Crippen molar-refractivity contribution in [1.82, 2.24) is 10.2 Å². The molecule has 0 heterocycles. The zero-order valence-electron chi connectivity index (χ0n) is 14.4. The quantitative estimate of drug-likeness (QED) is 0.691. The van der Waals surface area contributed by atoms with Crippen LogP contribution in [-0.4, -0.2) is 49.0 Å². The van der Waals surface area contributed by atoms with E-state index in [1.807, 2.05) is 19.0 Å². The summed E-state index contributed by atoms with van der Waals surface area (Å²) in [7, 11) is 3.85. The molecule has 0 spiro atoms. The molecule has 2 aromatic rings. The van der Waals surface area contributed by atoms with E-state index in [1.54, 1.807) is 54.6 Å². The number of amides is 2. The maximum atomic E-state index is 12.1. The molecule has 0 saturated heterocycles. The molecule has 4 N–H and O–H groups in total. The van der Waals surface area contributed by atoms with Crippen LogP contribution in [0, 0.1) is 0 Å². The highest BCUT2D eigenvalue weighted by Crippen LogP contribution is 2.29. The number of benzene rings is 2. The van der Waals surface area contributed by atoms with Gasteiger partial charge in [-0.15, -0.1) is 0 Å². The number of nitrogens with one attached hydrogen (secondary N) is 1. The van der Waals surface area contributed by atoms with Crippen molar-refractivity contribution in [2.45, 2.75) is 5.60 Å². The van der Waals surface area contributed by atoms with Crippen molar-refractivity contribution >= 4 is 11.8 Å². The van der Waals surface area contributed by atoms with Crippen molar-refractivity contribution in [3.63, 3.8) is 0 Å². The number of nitrogens with two attached hydrogens (primary N) is 1. The lowest BCUT2D eigenvalue weighted by atomic mass is 9.85. The van der Waals surface area contributed by atoms with Crippen LogP contribution in [-0.2, 0) is 10.4 Å². The summed E-state index contributed by atoms with van der Waals surface area (Å²) in [5, 5.41) is 13.7. The molecule has 2 aromatic carbocycles. The molecule has 0 aliphatic rings. The lowest BCUT2D eigenvalue weighted by molar-refractivity contribution is -0.133. The molecule has 2 rings (SSSR count). The molecular weight excluding hydrogens is 318 g/mol. The molecule has 2 amide bonds. The Labute approximate surface area is 147 Å². The van der Waals surface area contributed by atoms with E-state index in [9.17, 15) is 14.7 Å². The van der Waals surface area contributed by atoms with Gasteiger partial charge in [-0.2, -0.15) is 0 Å². The molecule has 132 valence electrons. The van der Waals surface area contributed by atoms with Crippen LogP contribution in [0.4, 0.5) is 0 Å². The highest BCUT2D eigenvalue weighted by Gasteiger charge is 2.38. The molecule has 0 aromatic heterocycles. The van der Waals surface area contributed by atoms with Gasteiger partial charge >= 0.3 is 0 Å². The van der Waals surface area contributed by atoms with Gasteiger partial charge < -0.3 is 21.1 Å². The maximum Gasteiger partial charge on any atom is 0.258 e. The Hall–Kier alpha value is -2.70. The third-order valence-corrected chi connectivity index (χ3v) is 3.96. The lowest BCUT2D eigenvalue weighted by Crippen LogP contribution is -2.42. The van der Waals surface area contributed by atoms with Crippen LogP contribution in [0.15, 0.2) is 54.6 Å². The Balaban J connectivity index is 2.22. The summed E-state index contributed by atoms with van der Waals surface area (Å²) in [4.78, 5) is 26.0. The predicted molar refractivity (Wildman–Crippen MR) is 96.0 cm³/mol. The first-order valence-electron chi connectivity index (χ1n) is 7.97. The van der Waals surface area contributed by atoms with Crippen molar-refractivity contribution in [2.24, 2.45) is 5.73 Å². The average Bonchev–Trinajstić information content (AvgIpc) is 2.61. The minimum absolute atomic E-state index is 0.212. The van der Waals surface area contributed by atoms with Crippen molar-refractivity contribution in [2.75, 3.05) is 27.2 Å². The second-order valence-electron chi connectivity index (χ2n) is 6.08. The van der Waals surface area contributed by atoms with E-state index in [1.165, 1.54) is 0 Å². The molecule has 1 atom stereocenters. The molecular formula is C19H23N3O3. The third-order valence-electron chi connectivity index (χ3n) is 3.96. The fraction of sp³-hybridized carbons (Fsp3) is 0.263. The van der Waals surface area contributed by atoms with Crippen molar-refractivity contribution in [1.29, 1.82) is 0 Å². The standard InChI is InChI=1S/C19H23N3O3/c1-22(2)13-12-21-17(23)14-8-10-16(11-9-14)19(25,18(20)24)15-6-4-3-5-7-15/h3-11,25H,12-13H2,1-2H3,(H2,20,24)(H,21,23). The van der Waals surface area contributed by atoms with Gasteiger partial charge in [0.25, 0.3) is 11.8 Å². The van der Waals surface area contributed by atoms with Gasteiger partial charge in [0, 0.05) is 18.7 Å². The number of likely N-dealkylation sites (N-methyl/N-ethyl adjacent to an activating group) is 1. The summed E-state index contributed by atoms with van der Waals surface area (Å²) in [6, 6.07) is 14.7. The molecule has 25 heavy (non-hydrogen) atoms. The summed E-state index contributed by atoms with van der Waals surface area (Å²) >= 11 is 0. The van der Waals surface area contributed by atoms with E-state index < -0.39 is 11.5 Å². The Bertz CT molecular complexity index is 729. The average molecular weight is 341 g/mol. The van der Waals surface area contributed by atoms with Gasteiger partial charge in [0.05, 0.1) is 0 Å². The van der Waals surface area contributed by atoms with Crippen LogP contribution in [0.3, 0.4) is 0 Å². The maximum absolute atomic E-state index is 12.1. The molecule has 0 aliphatic carbocycles. The van der Waals surface area contributed by atoms with Crippen LogP contribution in [0.2, 0.25) is 0 Å². The van der Waals surface area contributed by atoms with E-state index in [4.69, 9.17) is 5.73 Å². The molecule has 6 nitrogen and oxygen atoms in total. The summed E-state index contributed by atoms with van der Waals surface area (Å²) in [6.45, 7) is 1.27. The minimum atomic E-state index is -1.94. The number of carbonyl (C=O) groups is 2. The second-order valence-corrected chi connectivity index (χ2v) is 6.08. The van der Waals surface area contributed by atoms with E-state index in [0.29, 0.717) is 23.2 Å². The Kier molecular flexibility index (Phi) is 5.90. The summed E-state index contributed by atoms with van der Waals surface area (Å²) in [6.07, 6.45) is 0. The number of carbonyl (C=O) groups excluding carboxylic acids is 2. The normalized spacial score (nSPS) is 13.3. The third kappa shape index (κ3) is 4.23. The highest BCUT2D eigenvalue weighted by atomic mass is 16.3. The van der Waals surface area contributed by atoms with Gasteiger partial charge in [-0.3, -0.25) is 9.59 Å². The molecule has 6 heteroatoms. The van der Waals surface area contributed by atoms with E-state index >= 15 is 0 Å². The number of nitrogens with zero attached hydrogens (tertiary/aromatic N) is 1. The zero-order valence-corrected chi connectivity index (χ0v) is 14.4. The van der Waals surface area contributed by atoms with Crippen LogP contribution < -0.4 is 11.1 Å². The number of rotatable bonds is 7. The first kappa shape index (κ1) is 18.6. The van der Waals surface area contributed by atoms with Gasteiger partial charge in [-0.05, 0) is 37.4 Å². The lowest BCUT2D eigenvalue weighted by Gasteiger charge is -2.25. The molecule has 0 radical (unpaired) electrons. The second kappa shape index (κ2) is 7.92. The Morgan fingerprint density at radius 1 is 1.04 bits per heavy atom. The number of hydrogen-bond donors (Lipinski definition) is 3. The van der Waals surface area contributed by atoms with E-state index in [0.717, 1.165) is 6.54 Å². The van der Waals surface area contributed by atoms with Crippen LogP contribution >= 0.6 is 0 Å². The first-order valence-corrected chi connectivity index (χ1v) is 7.97.